The first-order valence-corrected chi connectivity index (χ1v) is 11.4. The molecule has 4 rings (SSSR count). The Kier molecular flexibility index (Phi) is 6.42. The largest absolute Gasteiger partial charge is 0.384 e. The fourth-order valence-corrected chi connectivity index (χ4v) is 2.82. The molecule has 31 heavy (non-hydrogen) atoms. The lowest BCUT2D eigenvalue weighted by Gasteiger charge is -2.05. The highest BCUT2D eigenvalue weighted by Gasteiger charge is 2.42. The topological polar surface area (TPSA) is 148 Å². The molecule has 0 radical (unpaired) electrons. The number of nitrogens with zero attached hydrogens (tertiary/aromatic N) is 2. The number of nitrogen functional groups attached to an aromatic ring is 1. The first-order valence-electron chi connectivity index (χ1n) is 9.52. The summed E-state index contributed by atoms with van der Waals surface area (Å²) in [6.45, 7) is 2.14. The van der Waals surface area contributed by atoms with Crippen LogP contribution in [0.15, 0.2) is 53.2 Å². The molecule has 164 valence electrons. The fraction of sp³-hybridized carbons (Fsp3) is 0.286. The van der Waals surface area contributed by atoms with E-state index in [1.807, 2.05) is 36.4 Å². The quantitative estimate of drug-likeness (QED) is 0.508. The summed E-state index contributed by atoms with van der Waals surface area (Å²) in [6.07, 6.45) is 4.93. The van der Waals surface area contributed by atoms with Crippen molar-refractivity contribution < 1.29 is 22.3 Å². The van der Waals surface area contributed by atoms with Crippen molar-refractivity contribution in [2.24, 2.45) is 0 Å². The molecule has 3 aromatic rings. The number of aromatic nitrogens is 2. The second-order valence-corrected chi connectivity index (χ2v) is 9.23. The maximum absolute atomic E-state index is 12.2. The summed E-state index contributed by atoms with van der Waals surface area (Å²) in [4.78, 5) is 16.3. The number of amides is 1. The van der Waals surface area contributed by atoms with Gasteiger partial charge in [-0.25, -0.2) is 4.98 Å². The van der Waals surface area contributed by atoms with E-state index in [-0.39, 0.29) is 17.7 Å². The van der Waals surface area contributed by atoms with Gasteiger partial charge in [0.25, 0.3) is 10.1 Å². The van der Waals surface area contributed by atoms with Crippen molar-refractivity contribution in [1.29, 1.82) is 0 Å². The number of anilines is 2. The molecule has 0 atom stereocenters. The molecule has 9 nitrogen and oxygen atoms in total. The third-order valence-corrected chi connectivity index (χ3v) is 4.81. The smallest absolute Gasteiger partial charge is 0.261 e. The predicted molar refractivity (Wildman–Crippen MR) is 117 cm³/mol. The van der Waals surface area contributed by atoms with Crippen LogP contribution in [0.3, 0.4) is 0 Å². The van der Waals surface area contributed by atoms with E-state index in [2.05, 4.69) is 22.4 Å². The van der Waals surface area contributed by atoms with Crippen molar-refractivity contribution in [1.82, 2.24) is 10.1 Å². The third-order valence-electron chi connectivity index (χ3n) is 4.81. The van der Waals surface area contributed by atoms with Crippen molar-refractivity contribution >= 4 is 27.7 Å². The van der Waals surface area contributed by atoms with Crippen molar-refractivity contribution in [2.75, 3.05) is 17.3 Å². The summed E-state index contributed by atoms with van der Waals surface area (Å²) in [5, 5.41) is 6.74. The molecule has 1 fully saturated rings. The van der Waals surface area contributed by atoms with Crippen molar-refractivity contribution in [3.63, 3.8) is 0 Å². The molecule has 1 aliphatic carbocycles. The minimum atomic E-state index is -3.67. The summed E-state index contributed by atoms with van der Waals surface area (Å²) >= 11 is 0. The molecule has 0 bridgehead atoms. The van der Waals surface area contributed by atoms with Crippen LogP contribution in [0, 0.1) is 0 Å². The normalized spacial score (nSPS) is 14.3. The van der Waals surface area contributed by atoms with Crippen LogP contribution in [0.5, 0.6) is 0 Å². The van der Waals surface area contributed by atoms with Crippen LogP contribution in [0.2, 0.25) is 0 Å². The van der Waals surface area contributed by atoms with Crippen LogP contribution < -0.4 is 11.1 Å². The van der Waals surface area contributed by atoms with E-state index in [1.54, 1.807) is 12.3 Å². The first kappa shape index (κ1) is 22.4. The van der Waals surface area contributed by atoms with Gasteiger partial charge in [0.2, 0.25) is 5.91 Å². The highest BCUT2D eigenvalue weighted by Crippen LogP contribution is 2.48. The molecule has 1 amide bonds. The number of carbonyl (C=O) groups is 1. The Morgan fingerprint density at radius 3 is 2.35 bits per heavy atom. The molecule has 4 N–H and O–H groups in total. The maximum atomic E-state index is 12.2. The van der Waals surface area contributed by atoms with E-state index in [0.29, 0.717) is 17.9 Å². The van der Waals surface area contributed by atoms with Gasteiger partial charge in [0.1, 0.15) is 11.6 Å². The summed E-state index contributed by atoms with van der Waals surface area (Å²) in [7, 11) is -3.67. The molecule has 0 unspecified atom stereocenters. The Hall–Kier alpha value is -3.24. The molecule has 1 aromatic carbocycles. The molecular weight excluding hydrogens is 420 g/mol. The van der Waals surface area contributed by atoms with Gasteiger partial charge < -0.3 is 15.6 Å². The Labute approximate surface area is 180 Å². The van der Waals surface area contributed by atoms with Crippen molar-refractivity contribution in [3.05, 3.63) is 60.0 Å². The molecule has 1 aliphatic rings. The predicted octanol–water partition coefficient (Wildman–Crippen LogP) is 3.06. The van der Waals surface area contributed by atoms with Gasteiger partial charge >= 0.3 is 0 Å². The Balaban J connectivity index is 0.000000491. The van der Waals surface area contributed by atoms with Crippen LogP contribution in [0.4, 0.5) is 11.6 Å². The zero-order valence-corrected chi connectivity index (χ0v) is 18.0. The van der Waals surface area contributed by atoms with Gasteiger partial charge in [-0.1, -0.05) is 36.3 Å². The second-order valence-electron chi connectivity index (χ2n) is 7.76. The molecule has 10 heteroatoms. The van der Waals surface area contributed by atoms with Crippen LogP contribution in [0.25, 0.3) is 11.1 Å². The molecule has 0 saturated heterocycles. The van der Waals surface area contributed by atoms with Crippen LogP contribution in [-0.2, 0) is 26.7 Å². The zero-order valence-electron chi connectivity index (χ0n) is 17.2. The van der Waals surface area contributed by atoms with Gasteiger partial charge in [-0.15, -0.1) is 0 Å². The number of pyridine rings is 1. The second kappa shape index (κ2) is 8.86. The molecule has 1 saturated carbocycles. The summed E-state index contributed by atoms with van der Waals surface area (Å²) in [6, 6.07) is 13.3. The van der Waals surface area contributed by atoms with Gasteiger partial charge in [-0.05, 0) is 36.1 Å². The van der Waals surface area contributed by atoms with E-state index in [1.165, 1.54) is 0 Å². The van der Waals surface area contributed by atoms with Crippen molar-refractivity contribution in [2.45, 2.75) is 31.6 Å². The average Bonchev–Trinajstić information content (AvgIpc) is 3.25. The van der Waals surface area contributed by atoms with E-state index >= 15 is 0 Å². The van der Waals surface area contributed by atoms with Crippen molar-refractivity contribution in [3.8, 4) is 11.1 Å². The highest BCUT2D eigenvalue weighted by molar-refractivity contribution is 7.85. The number of hydrogen-bond acceptors (Lipinski definition) is 7. The Morgan fingerprint density at radius 1 is 1.19 bits per heavy atom. The molecule has 0 aliphatic heterocycles. The lowest BCUT2D eigenvalue weighted by Crippen LogP contribution is -2.14. The minimum absolute atomic E-state index is 0.1000. The number of benzene rings is 1. The monoisotopic (exact) mass is 444 g/mol. The van der Waals surface area contributed by atoms with Gasteiger partial charge in [-0.2, -0.15) is 8.42 Å². The summed E-state index contributed by atoms with van der Waals surface area (Å²) in [5.74, 6) is 1.69. The van der Waals surface area contributed by atoms with Gasteiger partial charge in [0, 0.05) is 23.2 Å². The Bertz CT molecular complexity index is 1140. The lowest BCUT2D eigenvalue weighted by molar-refractivity contribution is -0.115. The van der Waals surface area contributed by atoms with Gasteiger partial charge in [0.15, 0.2) is 5.82 Å². The SMILES string of the molecule is CC1(c2cc(NC(=O)Cc3ccc(-c4ccc(N)nc4)cc3)no2)CC1.CS(=O)(=O)O. The number of nitrogens with two attached hydrogens (primary N) is 1. The maximum Gasteiger partial charge on any atom is 0.261 e. The third kappa shape index (κ3) is 6.90. The number of rotatable bonds is 5. The molecule has 2 heterocycles. The van der Waals surface area contributed by atoms with E-state index in [4.69, 9.17) is 14.8 Å². The summed E-state index contributed by atoms with van der Waals surface area (Å²) < 4.78 is 31.2. The van der Waals surface area contributed by atoms with Crippen LogP contribution in [0.1, 0.15) is 31.1 Å². The van der Waals surface area contributed by atoms with E-state index in [9.17, 15) is 13.2 Å². The zero-order chi connectivity index (χ0) is 22.6. The lowest BCUT2D eigenvalue weighted by atomic mass is 10.0. The van der Waals surface area contributed by atoms with Gasteiger partial charge in [-0.3, -0.25) is 9.35 Å². The molecular formula is C21H24N4O5S. The van der Waals surface area contributed by atoms with Crippen LogP contribution >= 0.6 is 0 Å². The first-order chi connectivity index (χ1) is 14.5. The van der Waals surface area contributed by atoms with Crippen LogP contribution in [-0.4, -0.2) is 35.3 Å². The summed E-state index contributed by atoms with van der Waals surface area (Å²) in [5.41, 5.74) is 8.65. The molecule has 2 aromatic heterocycles. The van der Waals surface area contributed by atoms with E-state index in [0.717, 1.165) is 35.3 Å². The minimum Gasteiger partial charge on any atom is -0.384 e. The van der Waals surface area contributed by atoms with Gasteiger partial charge in [0.05, 0.1) is 12.7 Å². The standard InChI is InChI=1S/C20H20N4O2.CH4O3S/c1-20(8-9-20)16-11-18(24-26-16)23-19(25)10-13-2-4-14(5-3-13)15-6-7-17(21)22-12-15;1-5(2,3)4/h2-7,11-12H,8-10H2,1H3,(H2,21,22)(H,23,24,25);1H3,(H,2,3,4). The highest BCUT2D eigenvalue weighted by atomic mass is 32.2. The number of carbonyl (C=O) groups excluding carboxylic acids is 1. The average molecular weight is 445 g/mol. The molecule has 0 spiro atoms. The number of nitrogens with one attached hydrogen (secondary N) is 1. The Morgan fingerprint density at radius 2 is 1.81 bits per heavy atom. The fourth-order valence-electron chi connectivity index (χ4n) is 2.82. The van der Waals surface area contributed by atoms with E-state index < -0.39 is 10.1 Å². The number of hydrogen-bond donors (Lipinski definition) is 3.